The predicted octanol–water partition coefficient (Wildman–Crippen LogP) is 1.89. The van der Waals surface area contributed by atoms with Gasteiger partial charge in [0.2, 0.25) is 10.0 Å². The summed E-state index contributed by atoms with van der Waals surface area (Å²) in [6.07, 6.45) is 7.73. The fourth-order valence-electron chi connectivity index (χ4n) is 3.44. The van der Waals surface area contributed by atoms with Crippen molar-refractivity contribution < 1.29 is 8.42 Å². The molecule has 0 spiro atoms. The lowest BCUT2D eigenvalue weighted by molar-refractivity contribution is 0.329. The van der Waals surface area contributed by atoms with Crippen molar-refractivity contribution in [2.45, 2.75) is 50.3 Å². The van der Waals surface area contributed by atoms with E-state index in [1.165, 1.54) is 5.56 Å². The molecule has 0 aromatic carbocycles. The summed E-state index contributed by atoms with van der Waals surface area (Å²) in [7, 11) is -3.05. The van der Waals surface area contributed by atoms with Crippen LogP contribution in [0.5, 0.6) is 0 Å². The SMILES string of the molecule is CCc1c[nH]c2ncnc(NC3CCN(S(=O)(=O)C4CC4)CC3)c12. The van der Waals surface area contributed by atoms with Gasteiger partial charge in [-0.05, 0) is 37.7 Å². The Bertz CT molecular complexity index is 835. The zero-order valence-electron chi connectivity index (χ0n) is 13.8. The number of H-pyrrole nitrogens is 1. The second-order valence-electron chi connectivity index (χ2n) is 6.68. The Labute approximate surface area is 141 Å². The van der Waals surface area contributed by atoms with Gasteiger partial charge in [-0.15, -0.1) is 0 Å². The van der Waals surface area contributed by atoms with Crippen LogP contribution in [0.15, 0.2) is 12.5 Å². The first-order valence-corrected chi connectivity index (χ1v) is 10.2. The molecule has 0 amide bonds. The van der Waals surface area contributed by atoms with Crippen LogP contribution < -0.4 is 5.32 Å². The van der Waals surface area contributed by atoms with Crippen molar-refractivity contribution >= 4 is 26.9 Å². The molecule has 2 aromatic heterocycles. The number of hydrogen-bond donors (Lipinski definition) is 2. The molecule has 2 fully saturated rings. The van der Waals surface area contributed by atoms with Crippen LogP contribution in [0.25, 0.3) is 11.0 Å². The van der Waals surface area contributed by atoms with E-state index < -0.39 is 10.0 Å². The van der Waals surface area contributed by atoms with E-state index in [1.54, 1.807) is 10.6 Å². The van der Waals surface area contributed by atoms with Gasteiger partial charge in [-0.2, -0.15) is 0 Å². The molecular formula is C16H23N5O2S. The monoisotopic (exact) mass is 349 g/mol. The normalized spacial score (nSPS) is 20.5. The summed E-state index contributed by atoms with van der Waals surface area (Å²) in [5.41, 5.74) is 2.04. The third kappa shape index (κ3) is 2.77. The minimum atomic E-state index is -3.05. The number of aryl methyl sites for hydroxylation is 1. The Kier molecular flexibility index (Phi) is 3.96. The van der Waals surface area contributed by atoms with Gasteiger partial charge in [-0.25, -0.2) is 22.7 Å². The van der Waals surface area contributed by atoms with Crippen LogP contribution in [0.1, 0.15) is 38.2 Å². The predicted molar refractivity (Wildman–Crippen MR) is 93.4 cm³/mol. The maximum absolute atomic E-state index is 12.3. The van der Waals surface area contributed by atoms with Crippen molar-refractivity contribution in [3.63, 3.8) is 0 Å². The van der Waals surface area contributed by atoms with Crippen LogP contribution in [0, 0.1) is 0 Å². The number of rotatable bonds is 5. The lowest BCUT2D eigenvalue weighted by Gasteiger charge is -2.32. The highest BCUT2D eigenvalue weighted by Gasteiger charge is 2.41. The first kappa shape index (κ1) is 15.8. The van der Waals surface area contributed by atoms with Gasteiger partial charge >= 0.3 is 0 Å². The van der Waals surface area contributed by atoms with Crippen LogP contribution in [-0.4, -0.2) is 52.1 Å². The van der Waals surface area contributed by atoms with E-state index in [-0.39, 0.29) is 11.3 Å². The fraction of sp³-hybridized carbons (Fsp3) is 0.625. The first-order chi connectivity index (χ1) is 11.6. The topological polar surface area (TPSA) is 91.0 Å². The molecule has 1 aliphatic carbocycles. The molecule has 1 saturated carbocycles. The number of anilines is 1. The fourth-order valence-corrected chi connectivity index (χ4v) is 5.31. The average Bonchev–Trinajstić information content (AvgIpc) is 3.36. The van der Waals surface area contributed by atoms with Crippen molar-refractivity contribution in [1.82, 2.24) is 19.3 Å². The standard InChI is InChI=1S/C16H23N5O2S/c1-2-11-9-17-15-14(11)16(19-10-18-15)20-12-5-7-21(8-6-12)24(22,23)13-3-4-13/h9-10,12-13H,2-8H2,1H3,(H2,17,18,19,20). The van der Waals surface area contributed by atoms with Gasteiger partial charge in [0.25, 0.3) is 0 Å². The van der Waals surface area contributed by atoms with Crippen LogP contribution in [0.4, 0.5) is 5.82 Å². The first-order valence-electron chi connectivity index (χ1n) is 8.66. The summed E-state index contributed by atoms with van der Waals surface area (Å²) < 4.78 is 26.3. The van der Waals surface area contributed by atoms with E-state index in [9.17, 15) is 8.42 Å². The molecular weight excluding hydrogens is 326 g/mol. The summed E-state index contributed by atoms with van der Waals surface area (Å²) in [6, 6.07) is 0.244. The Morgan fingerprint density at radius 2 is 2.00 bits per heavy atom. The van der Waals surface area contributed by atoms with Crippen molar-refractivity contribution in [3.8, 4) is 0 Å². The van der Waals surface area contributed by atoms with E-state index in [2.05, 4.69) is 27.2 Å². The molecule has 0 radical (unpaired) electrons. The highest BCUT2D eigenvalue weighted by Crippen LogP contribution is 2.33. The van der Waals surface area contributed by atoms with Crippen LogP contribution in [0.2, 0.25) is 0 Å². The maximum atomic E-state index is 12.3. The average molecular weight is 349 g/mol. The molecule has 8 heteroatoms. The largest absolute Gasteiger partial charge is 0.367 e. The zero-order chi connectivity index (χ0) is 16.7. The molecule has 0 bridgehead atoms. The minimum Gasteiger partial charge on any atom is -0.367 e. The van der Waals surface area contributed by atoms with Crippen LogP contribution >= 0.6 is 0 Å². The number of fused-ring (bicyclic) bond motifs is 1. The number of nitrogens with zero attached hydrogens (tertiary/aromatic N) is 3. The summed E-state index contributed by atoms with van der Waals surface area (Å²) >= 11 is 0. The molecule has 7 nitrogen and oxygen atoms in total. The van der Waals surface area contributed by atoms with Crippen molar-refractivity contribution in [1.29, 1.82) is 0 Å². The van der Waals surface area contributed by atoms with Crippen LogP contribution in [0.3, 0.4) is 0 Å². The lowest BCUT2D eigenvalue weighted by Crippen LogP contribution is -2.43. The third-order valence-corrected chi connectivity index (χ3v) is 7.43. The molecule has 4 rings (SSSR count). The highest BCUT2D eigenvalue weighted by atomic mass is 32.2. The summed E-state index contributed by atoms with van der Waals surface area (Å²) in [5, 5.41) is 4.44. The molecule has 2 aromatic rings. The zero-order valence-corrected chi connectivity index (χ0v) is 14.6. The van der Waals surface area contributed by atoms with Gasteiger partial charge in [0.1, 0.15) is 17.8 Å². The second kappa shape index (κ2) is 6.00. The number of nitrogens with one attached hydrogen (secondary N) is 2. The van der Waals surface area contributed by atoms with Gasteiger partial charge in [-0.3, -0.25) is 0 Å². The quantitative estimate of drug-likeness (QED) is 0.860. The number of piperidine rings is 1. The van der Waals surface area contributed by atoms with Gasteiger partial charge in [0.05, 0.1) is 10.6 Å². The molecule has 2 N–H and O–H groups in total. The van der Waals surface area contributed by atoms with Gasteiger partial charge in [-0.1, -0.05) is 6.92 Å². The van der Waals surface area contributed by atoms with Gasteiger partial charge in [0.15, 0.2) is 0 Å². The van der Waals surface area contributed by atoms with Gasteiger partial charge in [0, 0.05) is 25.3 Å². The number of aromatic amines is 1. The van der Waals surface area contributed by atoms with Crippen molar-refractivity contribution in [2.75, 3.05) is 18.4 Å². The van der Waals surface area contributed by atoms with E-state index in [1.807, 2.05) is 6.20 Å². The molecule has 130 valence electrons. The molecule has 24 heavy (non-hydrogen) atoms. The molecule has 2 aliphatic rings. The lowest BCUT2D eigenvalue weighted by atomic mass is 10.1. The van der Waals surface area contributed by atoms with E-state index in [0.29, 0.717) is 13.1 Å². The van der Waals surface area contributed by atoms with E-state index in [0.717, 1.165) is 49.0 Å². The highest BCUT2D eigenvalue weighted by molar-refractivity contribution is 7.90. The Balaban J connectivity index is 1.47. The van der Waals surface area contributed by atoms with Crippen molar-refractivity contribution in [3.05, 3.63) is 18.1 Å². The Morgan fingerprint density at radius 1 is 1.25 bits per heavy atom. The molecule has 1 aliphatic heterocycles. The molecule has 0 atom stereocenters. The smallest absolute Gasteiger partial charge is 0.216 e. The summed E-state index contributed by atoms with van der Waals surface area (Å²) in [5.74, 6) is 0.849. The number of aromatic nitrogens is 3. The Morgan fingerprint density at radius 3 is 2.67 bits per heavy atom. The second-order valence-corrected chi connectivity index (χ2v) is 8.89. The summed E-state index contributed by atoms with van der Waals surface area (Å²) in [6.45, 7) is 3.30. The summed E-state index contributed by atoms with van der Waals surface area (Å²) in [4.78, 5) is 11.9. The molecule has 0 unspecified atom stereocenters. The van der Waals surface area contributed by atoms with E-state index >= 15 is 0 Å². The Hall–Kier alpha value is -1.67. The number of sulfonamides is 1. The van der Waals surface area contributed by atoms with Gasteiger partial charge < -0.3 is 10.3 Å². The third-order valence-electron chi connectivity index (χ3n) is 5.03. The minimum absolute atomic E-state index is 0.115. The molecule has 1 saturated heterocycles. The molecule has 3 heterocycles. The van der Waals surface area contributed by atoms with Crippen molar-refractivity contribution in [2.24, 2.45) is 0 Å². The van der Waals surface area contributed by atoms with E-state index in [4.69, 9.17) is 0 Å². The van der Waals surface area contributed by atoms with Crippen LogP contribution in [-0.2, 0) is 16.4 Å². The number of hydrogen-bond acceptors (Lipinski definition) is 5. The maximum Gasteiger partial charge on any atom is 0.216 e.